The van der Waals surface area contributed by atoms with E-state index in [-0.39, 0.29) is 11.6 Å². The summed E-state index contributed by atoms with van der Waals surface area (Å²) in [5, 5.41) is 0. The van der Waals surface area contributed by atoms with E-state index < -0.39 is 11.8 Å². The fourth-order valence-electron chi connectivity index (χ4n) is 1.69. The van der Waals surface area contributed by atoms with Crippen molar-refractivity contribution in [3.05, 3.63) is 63.9 Å². The lowest BCUT2D eigenvalue weighted by Crippen LogP contribution is -2.05. The summed E-state index contributed by atoms with van der Waals surface area (Å²) in [4.78, 5) is 15.8. The lowest BCUT2D eigenvalue weighted by molar-refractivity contribution is -0.129. The topological polar surface area (TPSA) is 51.8 Å². The molecule has 0 unspecified atom stereocenters. The molecule has 0 saturated heterocycles. The number of cyclic esters (lactones) is 1. The van der Waals surface area contributed by atoms with Gasteiger partial charge in [-0.2, -0.15) is 0 Å². The number of furan rings is 1. The minimum Gasteiger partial charge on any atom is -0.450 e. The van der Waals surface area contributed by atoms with Crippen LogP contribution < -0.4 is 0 Å². The Balaban J connectivity index is 1.94. The van der Waals surface area contributed by atoms with Gasteiger partial charge in [0.25, 0.3) is 0 Å². The van der Waals surface area contributed by atoms with Crippen molar-refractivity contribution in [3.63, 3.8) is 0 Å². The van der Waals surface area contributed by atoms with E-state index in [1.165, 1.54) is 24.3 Å². The highest BCUT2D eigenvalue weighted by Gasteiger charge is 2.24. The number of nitrogens with zero attached hydrogens (tertiary/aromatic N) is 1. The maximum atomic E-state index is 13.1. The molecule has 4 nitrogen and oxygen atoms in total. The molecule has 1 aliphatic heterocycles. The molecule has 0 spiro atoms. The molecule has 1 aromatic heterocycles. The standard InChI is InChI=1S/C14H7BrFNO3/c15-12-5-4-10(19-12)7-11-14(18)20-13(17-11)8-2-1-3-9(16)6-8/h1-7H/b11-7-. The fourth-order valence-corrected chi connectivity index (χ4v) is 2.01. The van der Waals surface area contributed by atoms with E-state index >= 15 is 0 Å². The molecule has 1 aromatic carbocycles. The Bertz CT molecular complexity index is 748. The molecule has 0 bridgehead atoms. The number of hydrogen-bond donors (Lipinski definition) is 0. The Hall–Kier alpha value is -2.21. The highest BCUT2D eigenvalue weighted by molar-refractivity contribution is 9.10. The normalized spacial score (nSPS) is 16.4. The van der Waals surface area contributed by atoms with Crippen molar-refractivity contribution < 1.29 is 18.3 Å². The van der Waals surface area contributed by atoms with Crippen LogP contribution in [-0.4, -0.2) is 11.9 Å². The number of carbonyl (C=O) groups excluding carboxylic acids is 1. The highest BCUT2D eigenvalue weighted by Crippen LogP contribution is 2.21. The van der Waals surface area contributed by atoms with E-state index in [2.05, 4.69) is 20.9 Å². The van der Waals surface area contributed by atoms with Crippen molar-refractivity contribution >= 4 is 33.9 Å². The molecule has 100 valence electrons. The third-order valence-corrected chi connectivity index (χ3v) is 2.99. The Morgan fingerprint density at radius 1 is 1.25 bits per heavy atom. The molecule has 0 saturated carbocycles. The first-order valence-corrected chi connectivity index (χ1v) is 6.45. The van der Waals surface area contributed by atoms with Gasteiger partial charge in [0, 0.05) is 11.6 Å². The Morgan fingerprint density at radius 2 is 2.10 bits per heavy atom. The molecule has 2 aromatic rings. The summed E-state index contributed by atoms with van der Waals surface area (Å²) in [6.45, 7) is 0. The van der Waals surface area contributed by atoms with Gasteiger partial charge >= 0.3 is 5.97 Å². The van der Waals surface area contributed by atoms with Crippen LogP contribution in [0.15, 0.2) is 56.2 Å². The van der Waals surface area contributed by atoms with Crippen LogP contribution in [0, 0.1) is 5.82 Å². The molecule has 0 atom stereocenters. The Kier molecular flexibility index (Phi) is 3.23. The van der Waals surface area contributed by atoms with Crippen molar-refractivity contribution in [2.24, 2.45) is 4.99 Å². The first kappa shape index (κ1) is 12.8. The predicted octanol–water partition coefficient (Wildman–Crippen LogP) is 3.53. The van der Waals surface area contributed by atoms with Gasteiger partial charge in [0.2, 0.25) is 5.90 Å². The Labute approximate surface area is 121 Å². The maximum Gasteiger partial charge on any atom is 0.363 e. The van der Waals surface area contributed by atoms with Crippen LogP contribution in [0.2, 0.25) is 0 Å². The third-order valence-electron chi connectivity index (χ3n) is 2.57. The molecule has 0 N–H and O–H groups in total. The number of halogens is 2. The molecule has 0 aliphatic carbocycles. The van der Waals surface area contributed by atoms with Crippen LogP contribution in [0.3, 0.4) is 0 Å². The van der Waals surface area contributed by atoms with E-state index in [0.717, 1.165) is 0 Å². The second kappa shape index (κ2) is 5.05. The zero-order valence-corrected chi connectivity index (χ0v) is 11.6. The van der Waals surface area contributed by atoms with E-state index in [9.17, 15) is 9.18 Å². The fraction of sp³-hybridized carbons (Fsp3) is 0. The van der Waals surface area contributed by atoms with Crippen molar-refractivity contribution in [1.29, 1.82) is 0 Å². The second-order valence-electron chi connectivity index (χ2n) is 3.99. The van der Waals surface area contributed by atoms with Crippen molar-refractivity contribution in [2.75, 3.05) is 0 Å². The van der Waals surface area contributed by atoms with Gasteiger partial charge in [-0.25, -0.2) is 14.2 Å². The lowest BCUT2D eigenvalue weighted by Gasteiger charge is -1.98. The van der Waals surface area contributed by atoms with Crippen LogP contribution >= 0.6 is 15.9 Å². The van der Waals surface area contributed by atoms with E-state index in [1.807, 2.05) is 0 Å². The van der Waals surface area contributed by atoms with Gasteiger partial charge in [0.15, 0.2) is 10.4 Å². The molecule has 20 heavy (non-hydrogen) atoms. The minimum absolute atomic E-state index is 0.0753. The molecular formula is C14H7BrFNO3. The van der Waals surface area contributed by atoms with E-state index in [0.29, 0.717) is 16.0 Å². The molecule has 3 rings (SSSR count). The lowest BCUT2D eigenvalue weighted by atomic mass is 10.2. The number of benzene rings is 1. The van der Waals surface area contributed by atoms with Gasteiger partial charge in [-0.15, -0.1) is 0 Å². The van der Waals surface area contributed by atoms with Crippen LogP contribution in [0.5, 0.6) is 0 Å². The van der Waals surface area contributed by atoms with Gasteiger partial charge in [-0.05, 0) is 46.3 Å². The van der Waals surface area contributed by atoms with E-state index in [1.54, 1.807) is 18.2 Å². The number of aliphatic imine (C=N–C) groups is 1. The van der Waals surface area contributed by atoms with E-state index in [4.69, 9.17) is 9.15 Å². The maximum absolute atomic E-state index is 13.1. The summed E-state index contributed by atoms with van der Waals surface area (Å²) in [5.41, 5.74) is 0.508. The summed E-state index contributed by atoms with van der Waals surface area (Å²) in [5.74, 6) is -0.482. The smallest absolute Gasteiger partial charge is 0.363 e. The summed E-state index contributed by atoms with van der Waals surface area (Å²) in [7, 11) is 0. The highest BCUT2D eigenvalue weighted by atomic mass is 79.9. The van der Waals surface area contributed by atoms with Gasteiger partial charge in [0.1, 0.15) is 11.6 Å². The SMILES string of the molecule is O=C1OC(c2cccc(F)c2)=N/C1=C\c1ccc(Br)o1. The first-order chi connectivity index (χ1) is 9.61. The molecular weight excluding hydrogens is 329 g/mol. The van der Waals surface area contributed by atoms with Crippen molar-refractivity contribution in [3.8, 4) is 0 Å². The second-order valence-corrected chi connectivity index (χ2v) is 4.77. The van der Waals surface area contributed by atoms with Gasteiger partial charge in [0.05, 0.1) is 0 Å². The average molecular weight is 336 g/mol. The van der Waals surface area contributed by atoms with Crippen molar-refractivity contribution in [2.45, 2.75) is 0 Å². The number of ether oxygens (including phenoxy) is 1. The number of rotatable bonds is 2. The molecule has 1 aliphatic rings. The number of esters is 1. The van der Waals surface area contributed by atoms with Crippen molar-refractivity contribution in [1.82, 2.24) is 0 Å². The van der Waals surface area contributed by atoms with Crippen LogP contribution in [0.25, 0.3) is 6.08 Å². The largest absolute Gasteiger partial charge is 0.450 e. The predicted molar refractivity (Wildman–Crippen MR) is 73.4 cm³/mol. The van der Waals surface area contributed by atoms with Crippen LogP contribution in [-0.2, 0) is 9.53 Å². The van der Waals surface area contributed by atoms with Crippen LogP contribution in [0.1, 0.15) is 11.3 Å². The molecule has 0 fully saturated rings. The average Bonchev–Trinajstić information content (AvgIpc) is 2.97. The summed E-state index contributed by atoms with van der Waals surface area (Å²) >= 11 is 3.16. The monoisotopic (exact) mass is 335 g/mol. The zero-order chi connectivity index (χ0) is 14.1. The first-order valence-electron chi connectivity index (χ1n) is 5.66. The molecule has 6 heteroatoms. The summed E-state index contributed by atoms with van der Waals surface area (Å²) in [6, 6.07) is 9.06. The number of hydrogen-bond acceptors (Lipinski definition) is 4. The van der Waals surface area contributed by atoms with Gasteiger partial charge in [-0.1, -0.05) is 6.07 Å². The third kappa shape index (κ3) is 2.55. The number of carbonyl (C=O) groups is 1. The molecule has 0 amide bonds. The molecule has 0 radical (unpaired) electrons. The quantitative estimate of drug-likeness (QED) is 0.623. The summed E-state index contributed by atoms with van der Waals surface area (Å²) < 4.78 is 24.0. The van der Waals surface area contributed by atoms with Gasteiger partial charge < -0.3 is 9.15 Å². The Morgan fingerprint density at radius 3 is 2.80 bits per heavy atom. The summed E-state index contributed by atoms with van der Waals surface area (Å²) in [6.07, 6.45) is 1.46. The zero-order valence-electron chi connectivity index (χ0n) is 9.97. The molecule has 2 heterocycles. The van der Waals surface area contributed by atoms with Crippen LogP contribution in [0.4, 0.5) is 4.39 Å². The van der Waals surface area contributed by atoms with Gasteiger partial charge in [-0.3, -0.25) is 0 Å². The minimum atomic E-state index is -0.600.